The van der Waals surface area contributed by atoms with Gasteiger partial charge in [-0.1, -0.05) is 0 Å². The van der Waals surface area contributed by atoms with Crippen molar-refractivity contribution in [2.75, 3.05) is 45.2 Å². The number of ether oxygens (including phenoxy) is 2. The highest BCUT2D eigenvalue weighted by molar-refractivity contribution is 5.85. The van der Waals surface area contributed by atoms with Crippen LogP contribution >= 0.6 is 12.4 Å². The molecule has 1 aromatic rings. The number of piperidine rings is 1. The standard InChI is InChI=1S/C19H29N3O2.ClH/c1-22-7-3-16(4-8-22)24-17-10-14-2-6-20-12-18(14)19(11-17)21-15-5-9-23-13-15;/h10-11,15-16,20-21H,2-9,12-13H2,1H3;1H/t15-;/m0./s1. The first-order chi connectivity index (χ1) is 11.8. The Bertz CT molecular complexity index is 570. The maximum Gasteiger partial charge on any atom is 0.122 e. The van der Waals surface area contributed by atoms with E-state index in [0.29, 0.717) is 12.1 Å². The van der Waals surface area contributed by atoms with E-state index in [1.807, 2.05) is 0 Å². The molecule has 6 heteroatoms. The van der Waals surface area contributed by atoms with Crippen LogP contribution in [-0.4, -0.2) is 56.9 Å². The number of anilines is 1. The van der Waals surface area contributed by atoms with Crippen LogP contribution in [0.2, 0.25) is 0 Å². The molecule has 0 saturated carbocycles. The summed E-state index contributed by atoms with van der Waals surface area (Å²) in [5.74, 6) is 1.03. The number of fused-ring (bicyclic) bond motifs is 1. The van der Waals surface area contributed by atoms with Crippen LogP contribution in [0.4, 0.5) is 5.69 Å². The van der Waals surface area contributed by atoms with Crippen LogP contribution in [0.15, 0.2) is 12.1 Å². The molecule has 25 heavy (non-hydrogen) atoms. The molecule has 2 N–H and O–H groups in total. The van der Waals surface area contributed by atoms with Gasteiger partial charge >= 0.3 is 0 Å². The molecule has 0 aliphatic carbocycles. The van der Waals surface area contributed by atoms with Crippen LogP contribution in [0.5, 0.6) is 5.75 Å². The average molecular weight is 368 g/mol. The second kappa shape index (κ2) is 8.58. The average Bonchev–Trinajstić information content (AvgIpc) is 3.10. The third-order valence-electron chi connectivity index (χ3n) is 5.45. The topological polar surface area (TPSA) is 45.8 Å². The van der Waals surface area contributed by atoms with E-state index in [4.69, 9.17) is 9.47 Å². The van der Waals surface area contributed by atoms with E-state index in [0.717, 1.165) is 70.8 Å². The molecule has 3 aliphatic rings. The monoisotopic (exact) mass is 367 g/mol. The summed E-state index contributed by atoms with van der Waals surface area (Å²) in [6.07, 6.45) is 4.75. The summed E-state index contributed by atoms with van der Waals surface area (Å²) in [4.78, 5) is 2.38. The second-order valence-corrected chi connectivity index (χ2v) is 7.36. The summed E-state index contributed by atoms with van der Waals surface area (Å²) in [6.45, 7) is 5.93. The first-order valence-corrected chi connectivity index (χ1v) is 9.34. The Morgan fingerprint density at radius 3 is 2.84 bits per heavy atom. The fourth-order valence-electron chi connectivity index (χ4n) is 3.93. The van der Waals surface area contributed by atoms with Gasteiger partial charge in [-0.05, 0) is 56.5 Å². The van der Waals surface area contributed by atoms with Crippen molar-refractivity contribution in [2.45, 2.75) is 44.4 Å². The SMILES string of the molecule is CN1CCC(Oc2cc3c(c(N[C@H]4CCOC4)c2)CNCC3)CC1.Cl. The highest BCUT2D eigenvalue weighted by atomic mass is 35.5. The van der Waals surface area contributed by atoms with Crippen LogP contribution in [-0.2, 0) is 17.7 Å². The van der Waals surface area contributed by atoms with Gasteiger partial charge in [0.1, 0.15) is 11.9 Å². The Labute approximate surface area is 156 Å². The van der Waals surface area contributed by atoms with E-state index in [9.17, 15) is 0 Å². The third kappa shape index (κ3) is 4.59. The number of hydrogen-bond acceptors (Lipinski definition) is 5. The number of rotatable bonds is 4. The van der Waals surface area contributed by atoms with Crippen LogP contribution in [0.3, 0.4) is 0 Å². The Morgan fingerprint density at radius 2 is 2.08 bits per heavy atom. The lowest BCUT2D eigenvalue weighted by Gasteiger charge is -2.30. The van der Waals surface area contributed by atoms with E-state index < -0.39 is 0 Å². The molecule has 0 amide bonds. The minimum Gasteiger partial charge on any atom is -0.490 e. The summed E-state index contributed by atoms with van der Waals surface area (Å²) in [7, 11) is 2.19. The van der Waals surface area contributed by atoms with Gasteiger partial charge in [0.05, 0.1) is 12.6 Å². The normalized spacial score (nSPS) is 24.4. The lowest BCUT2D eigenvalue weighted by Crippen LogP contribution is -2.35. The minimum absolute atomic E-state index is 0. The molecule has 3 heterocycles. The van der Waals surface area contributed by atoms with Crippen molar-refractivity contribution in [3.05, 3.63) is 23.3 Å². The van der Waals surface area contributed by atoms with E-state index >= 15 is 0 Å². The molecule has 0 radical (unpaired) electrons. The van der Waals surface area contributed by atoms with Gasteiger partial charge in [-0.2, -0.15) is 0 Å². The van der Waals surface area contributed by atoms with E-state index in [1.165, 1.54) is 16.8 Å². The molecule has 140 valence electrons. The lowest BCUT2D eigenvalue weighted by molar-refractivity contribution is 0.114. The highest BCUT2D eigenvalue weighted by Gasteiger charge is 2.22. The number of hydrogen-bond donors (Lipinski definition) is 2. The van der Waals surface area contributed by atoms with Crippen LogP contribution in [0.25, 0.3) is 0 Å². The molecular weight excluding hydrogens is 338 g/mol. The molecule has 4 rings (SSSR count). The Kier molecular flexibility index (Phi) is 6.44. The molecule has 0 spiro atoms. The van der Waals surface area contributed by atoms with Crippen LogP contribution in [0, 0.1) is 0 Å². The molecule has 0 unspecified atom stereocenters. The molecule has 5 nitrogen and oxygen atoms in total. The van der Waals surface area contributed by atoms with Gasteiger partial charge in [-0.15, -0.1) is 12.4 Å². The summed E-state index contributed by atoms with van der Waals surface area (Å²) >= 11 is 0. The number of benzene rings is 1. The Hall–Kier alpha value is -1.01. The van der Waals surface area contributed by atoms with Crippen molar-refractivity contribution in [3.8, 4) is 5.75 Å². The predicted octanol–water partition coefficient (Wildman–Crippen LogP) is 2.43. The van der Waals surface area contributed by atoms with Gasteiger partial charge in [0.25, 0.3) is 0 Å². The molecule has 0 bridgehead atoms. The number of nitrogens with one attached hydrogen (secondary N) is 2. The first kappa shape index (κ1) is 18.8. The summed E-state index contributed by atoms with van der Waals surface area (Å²) in [5.41, 5.74) is 4.07. The zero-order chi connectivity index (χ0) is 16.4. The molecule has 3 aliphatic heterocycles. The summed E-state index contributed by atoms with van der Waals surface area (Å²) in [5, 5.41) is 7.19. The fraction of sp³-hybridized carbons (Fsp3) is 0.684. The van der Waals surface area contributed by atoms with Gasteiger partial charge in [0, 0.05) is 38.0 Å². The second-order valence-electron chi connectivity index (χ2n) is 7.36. The largest absolute Gasteiger partial charge is 0.490 e. The van der Waals surface area contributed by atoms with Crippen LogP contribution in [0.1, 0.15) is 30.4 Å². The smallest absolute Gasteiger partial charge is 0.122 e. The Morgan fingerprint density at radius 1 is 1.24 bits per heavy atom. The lowest BCUT2D eigenvalue weighted by atomic mass is 9.98. The van der Waals surface area contributed by atoms with E-state index in [2.05, 4.69) is 34.7 Å². The minimum atomic E-state index is 0. The number of halogens is 1. The fourth-order valence-corrected chi connectivity index (χ4v) is 3.93. The van der Waals surface area contributed by atoms with Gasteiger partial charge in [0.2, 0.25) is 0 Å². The van der Waals surface area contributed by atoms with Crippen molar-refractivity contribution in [3.63, 3.8) is 0 Å². The first-order valence-electron chi connectivity index (χ1n) is 9.34. The van der Waals surface area contributed by atoms with Crippen molar-refractivity contribution in [1.82, 2.24) is 10.2 Å². The van der Waals surface area contributed by atoms with Gasteiger partial charge in [-0.25, -0.2) is 0 Å². The number of nitrogens with zero attached hydrogens (tertiary/aromatic N) is 1. The molecule has 1 aromatic carbocycles. The van der Waals surface area contributed by atoms with Crippen LogP contribution < -0.4 is 15.4 Å². The maximum absolute atomic E-state index is 6.36. The molecule has 1 atom stereocenters. The Balaban J connectivity index is 0.00000182. The van der Waals surface area contributed by atoms with Gasteiger partial charge in [-0.3, -0.25) is 0 Å². The summed E-state index contributed by atoms with van der Waals surface area (Å²) < 4.78 is 11.9. The van der Waals surface area contributed by atoms with E-state index in [-0.39, 0.29) is 12.4 Å². The molecule has 0 aromatic heterocycles. The zero-order valence-corrected chi connectivity index (χ0v) is 15.9. The van der Waals surface area contributed by atoms with E-state index in [1.54, 1.807) is 0 Å². The maximum atomic E-state index is 6.36. The summed E-state index contributed by atoms with van der Waals surface area (Å²) in [6, 6.07) is 4.91. The molecule has 2 fully saturated rings. The quantitative estimate of drug-likeness (QED) is 0.855. The highest BCUT2D eigenvalue weighted by Crippen LogP contribution is 2.32. The van der Waals surface area contributed by atoms with Gasteiger partial charge in [0.15, 0.2) is 0 Å². The van der Waals surface area contributed by atoms with Crippen molar-refractivity contribution in [1.29, 1.82) is 0 Å². The van der Waals surface area contributed by atoms with Crippen molar-refractivity contribution in [2.24, 2.45) is 0 Å². The number of likely N-dealkylation sites (tertiary alicyclic amines) is 1. The zero-order valence-electron chi connectivity index (χ0n) is 15.1. The van der Waals surface area contributed by atoms with Crippen molar-refractivity contribution >= 4 is 18.1 Å². The third-order valence-corrected chi connectivity index (χ3v) is 5.45. The van der Waals surface area contributed by atoms with Gasteiger partial charge < -0.3 is 25.0 Å². The molecular formula is C19H30ClN3O2. The molecule has 2 saturated heterocycles. The predicted molar refractivity (Wildman–Crippen MR) is 103 cm³/mol. The van der Waals surface area contributed by atoms with Crippen molar-refractivity contribution < 1.29 is 9.47 Å².